The third-order valence-electron chi connectivity index (χ3n) is 2.80. The van der Waals surface area contributed by atoms with E-state index in [4.69, 9.17) is 11.6 Å². The number of aromatic nitrogens is 1. The fourth-order valence-electron chi connectivity index (χ4n) is 1.45. The van der Waals surface area contributed by atoms with Crippen molar-refractivity contribution in [1.29, 1.82) is 0 Å². The standard InChI is InChI=1S/C11H15ClN2/c1-9-2-5-13-10(6-9)14-8-11(7-12)3-4-11/h2,5-6H,3-4,7-8H2,1H3,(H,13,14). The second-order valence-corrected chi connectivity index (χ2v) is 4.47. The number of hydrogen-bond donors (Lipinski definition) is 1. The Kier molecular flexibility index (Phi) is 2.64. The van der Waals surface area contributed by atoms with Crippen molar-refractivity contribution >= 4 is 17.4 Å². The molecule has 0 atom stereocenters. The summed E-state index contributed by atoms with van der Waals surface area (Å²) in [5.41, 5.74) is 1.59. The molecular formula is C11H15ClN2. The minimum absolute atomic E-state index is 0.354. The minimum atomic E-state index is 0.354. The average molecular weight is 211 g/mol. The number of hydrogen-bond acceptors (Lipinski definition) is 2. The molecule has 1 saturated carbocycles. The lowest BCUT2D eigenvalue weighted by Crippen LogP contribution is -2.17. The zero-order valence-corrected chi connectivity index (χ0v) is 9.14. The van der Waals surface area contributed by atoms with E-state index in [1.54, 1.807) is 0 Å². The zero-order valence-electron chi connectivity index (χ0n) is 8.39. The summed E-state index contributed by atoms with van der Waals surface area (Å²) in [6.45, 7) is 3.02. The molecule has 1 aliphatic rings. The molecule has 0 saturated heterocycles. The van der Waals surface area contributed by atoms with Gasteiger partial charge >= 0.3 is 0 Å². The SMILES string of the molecule is Cc1ccnc(NCC2(CCl)CC2)c1. The van der Waals surface area contributed by atoms with Gasteiger partial charge in [-0.15, -0.1) is 11.6 Å². The molecule has 76 valence electrons. The Bertz CT molecular complexity index is 321. The maximum absolute atomic E-state index is 5.89. The monoisotopic (exact) mass is 210 g/mol. The first-order chi connectivity index (χ1) is 6.74. The van der Waals surface area contributed by atoms with Crippen molar-refractivity contribution < 1.29 is 0 Å². The van der Waals surface area contributed by atoms with Crippen molar-refractivity contribution in [3.05, 3.63) is 23.9 Å². The summed E-state index contributed by atoms with van der Waals surface area (Å²) in [4.78, 5) is 4.25. The van der Waals surface area contributed by atoms with E-state index in [0.717, 1.165) is 18.2 Å². The van der Waals surface area contributed by atoms with Crippen LogP contribution in [0.15, 0.2) is 18.3 Å². The predicted octanol–water partition coefficient (Wildman–Crippen LogP) is 2.82. The third kappa shape index (κ3) is 2.18. The van der Waals surface area contributed by atoms with Crippen LogP contribution < -0.4 is 5.32 Å². The van der Waals surface area contributed by atoms with Crippen LogP contribution >= 0.6 is 11.6 Å². The van der Waals surface area contributed by atoms with Gasteiger partial charge in [0.25, 0.3) is 0 Å². The van der Waals surface area contributed by atoms with Gasteiger partial charge in [-0.1, -0.05) is 0 Å². The van der Waals surface area contributed by atoms with Crippen LogP contribution in [0.25, 0.3) is 0 Å². The quantitative estimate of drug-likeness (QED) is 0.774. The van der Waals surface area contributed by atoms with Gasteiger partial charge in [-0.25, -0.2) is 4.98 Å². The lowest BCUT2D eigenvalue weighted by atomic mass is 10.1. The molecule has 0 unspecified atom stereocenters. The summed E-state index contributed by atoms with van der Waals surface area (Å²) in [5, 5.41) is 3.34. The van der Waals surface area contributed by atoms with Crippen LogP contribution in [-0.2, 0) is 0 Å². The highest BCUT2D eigenvalue weighted by Gasteiger charge is 2.41. The molecule has 1 N–H and O–H groups in total. The van der Waals surface area contributed by atoms with E-state index in [2.05, 4.69) is 23.3 Å². The molecule has 0 amide bonds. The molecule has 0 aliphatic heterocycles. The van der Waals surface area contributed by atoms with E-state index in [1.165, 1.54) is 18.4 Å². The fourth-order valence-corrected chi connectivity index (χ4v) is 1.81. The number of aryl methyl sites for hydroxylation is 1. The molecule has 1 fully saturated rings. The van der Waals surface area contributed by atoms with Gasteiger partial charge in [0.15, 0.2) is 0 Å². The van der Waals surface area contributed by atoms with Gasteiger partial charge < -0.3 is 5.32 Å². The third-order valence-corrected chi connectivity index (χ3v) is 3.37. The zero-order chi connectivity index (χ0) is 10.0. The Morgan fingerprint density at radius 3 is 2.93 bits per heavy atom. The molecule has 14 heavy (non-hydrogen) atoms. The van der Waals surface area contributed by atoms with Crippen LogP contribution in [-0.4, -0.2) is 17.4 Å². The van der Waals surface area contributed by atoms with Gasteiger partial charge in [0, 0.05) is 24.0 Å². The number of alkyl halides is 1. The van der Waals surface area contributed by atoms with Crippen LogP contribution in [0.1, 0.15) is 18.4 Å². The van der Waals surface area contributed by atoms with Crippen molar-refractivity contribution in [3.8, 4) is 0 Å². The molecule has 0 bridgehead atoms. The first-order valence-electron chi connectivity index (χ1n) is 4.97. The van der Waals surface area contributed by atoms with Gasteiger partial charge in [-0.2, -0.15) is 0 Å². The Labute approximate surface area is 89.7 Å². The van der Waals surface area contributed by atoms with Crippen LogP contribution in [0, 0.1) is 12.3 Å². The molecule has 3 heteroatoms. The number of pyridine rings is 1. The first-order valence-corrected chi connectivity index (χ1v) is 5.50. The number of rotatable bonds is 4. The number of anilines is 1. The number of halogens is 1. The van der Waals surface area contributed by atoms with Crippen LogP contribution in [0.2, 0.25) is 0 Å². The second kappa shape index (κ2) is 3.77. The van der Waals surface area contributed by atoms with Gasteiger partial charge in [0.1, 0.15) is 5.82 Å². The predicted molar refractivity (Wildman–Crippen MR) is 59.9 cm³/mol. The summed E-state index contributed by atoms with van der Waals surface area (Å²) >= 11 is 5.89. The molecule has 0 radical (unpaired) electrons. The topological polar surface area (TPSA) is 24.9 Å². The molecule has 1 aromatic rings. The lowest BCUT2D eigenvalue weighted by Gasteiger charge is -2.12. The molecule has 1 aliphatic carbocycles. The van der Waals surface area contributed by atoms with Crippen LogP contribution in [0.4, 0.5) is 5.82 Å². The van der Waals surface area contributed by atoms with Crippen LogP contribution in [0.5, 0.6) is 0 Å². The molecule has 1 aromatic heterocycles. The van der Waals surface area contributed by atoms with E-state index in [9.17, 15) is 0 Å². The van der Waals surface area contributed by atoms with Crippen molar-refractivity contribution in [2.75, 3.05) is 17.7 Å². The maximum Gasteiger partial charge on any atom is 0.126 e. The van der Waals surface area contributed by atoms with E-state index < -0.39 is 0 Å². The summed E-state index contributed by atoms with van der Waals surface area (Å²) in [6, 6.07) is 4.06. The molecule has 2 nitrogen and oxygen atoms in total. The number of nitrogens with zero attached hydrogens (tertiary/aromatic N) is 1. The Hall–Kier alpha value is -0.760. The molecule has 0 aromatic carbocycles. The largest absolute Gasteiger partial charge is 0.369 e. The second-order valence-electron chi connectivity index (χ2n) is 4.21. The highest BCUT2D eigenvalue weighted by molar-refractivity contribution is 6.18. The van der Waals surface area contributed by atoms with Gasteiger partial charge in [0.05, 0.1) is 0 Å². The number of nitrogens with one attached hydrogen (secondary N) is 1. The molecule has 1 heterocycles. The average Bonchev–Trinajstić information content (AvgIpc) is 2.96. The van der Waals surface area contributed by atoms with Gasteiger partial charge in [-0.05, 0) is 37.5 Å². The fraction of sp³-hybridized carbons (Fsp3) is 0.545. The minimum Gasteiger partial charge on any atom is -0.369 e. The van der Waals surface area contributed by atoms with Crippen molar-refractivity contribution in [1.82, 2.24) is 4.98 Å². The van der Waals surface area contributed by atoms with Gasteiger partial charge in [0.2, 0.25) is 0 Å². The smallest absolute Gasteiger partial charge is 0.126 e. The molecule has 0 spiro atoms. The molecule has 2 rings (SSSR count). The summed E-state index contributed by atoms with van der Waals surface area (Å²) in [6.07, 6.45) is 4.32. The summed E-state index contributed by atoms with van der Waals surface area (Å²) < 4.78 is 0. The summed E-state index contributed by atoms with van der Waals surface area (Å²) in [5.74, 6) is 1.72. The van der Waals surface area contributed by atoms with E-state index >= 15 is 0 Å². The van der Waals surface area contributed by atoms with Crippen molar-refractivity contribution in [2.24, 2.45) is 5.41 Å². The normalized spacial score (nSPS) is 17.9. The highest BCUT2D eigenvalue weighted by Crippen LogP contribution is 2.46. The van der Waals surface area contributed by atoms with Crippen molar-refractivity contribution in [3.63, 3.8) is 0 Å². The Balaban J connectivity index is 1.92. The summed E-state index contributed by atoms with van der Waals surface area (Å²) in [7, 11) is 0. The van der Waals surface area contributed by atoms with Gasteiger partial charge in [-0.3, -0.25) is 0 Å². The van der Waals surface area contributed by atoms with Crippen LogP contribution in [0.3, 0.4) is 0 Å². The van der Waals surface area contributed by atoms with E-state index in [-0.39, 0.29) is 0 Å². The Morgan fingerprint density at radius 1 is 1.57 bits per heavy atom. The lowest BCUT2D eigenvalue weighted by molar-refractivity contribution is 0.617. The van der Waals surface area contributed by atoms with Crippen molar-refractivity contribution in [2.45, 2.75) is 19.8 Å². The Morgan fingerprint density at radius 2 is 2.36 bits per heavy atom. The molecular weight excluding hydrogens is 196 g/mol. The van der Waals surface area contributed by atoms with E-state index in [1.807, 2.05) is 12.3 Å². The maximum atomic E-state index is 5.89. The van der Waals surface area contributed by atoms with E-state index in [0.29, 0.717) is 5.41 Å². The highest BCUT2D eigenvalue weighted by atomic mass is 35.5. The first kappa shape index (κ1) is 9.78.